The molecule has 0 radical (unpaired) electrons. The lowest BCUT2D eigenvalue weighted by atomic mass is 9.80. The normalized spacial score (nSPS) is 11.1. The van der Waals surface area contributed by atoms with Gasteiger partial charge in [0.05, 0.1) is 0 Å². The Balaban J connectivity index is 3.67. The largest absolute Gasteiger partial charge is 0.330 e. The van der Waals surface area contributed by atoms with Gasteiger partial charge in [0.15, 0.2) is 0 Å². The Morgan fingerprint density at radius 1 is 0.476 bits per heavy atom. The zero-order valence-electron chi connectivity index (χ0n) is 14.1. The van der Waals surface area contributed by atoms with Crippen LogP contribution in [0.25, 0.3) is 0 Å². The number of hydrogen-bond acceptors (Lipinski definition) is 3. The minimum atomic E-state index is 0.704. The van der Waals surface area contributed by atoms with Gasteiger partial charge in [-0.3, -0.25) is 0 Å². The molecule has 120 valence electrons. The Kier molecular flexibility index (Phi) is 7.94. The van der Waals surface area contributed by atoms with Crippen LogP contribution in [0.5, 0.6) is 0 Å². The maximum atomic E-state index is 5.88. The van der Waals surface area contributed by atoms with Gasteiger partial charge in [-0.05, 0) is 91.5 Å². The van der Waals surface area contributed by atoms with Crippen molar-refractivity contribution in [1.82, 2.24) is 0 Å². The summed E-state index contributed by atoms with van der Waals surface area (Å²) >= 11 is 0. The van der Waals surface area contributed by atoms with Gasteiger partial charge in [-0.1, -0.05) is 20.8 Å². The van der Waals surface area contributed by atoms with E-state index in [-0.39, 0.29) is 0 Å². The second kappa shape index (κ2) is 9.19. The van der Waals surface area contributed by atoms with Crippen LogP contribution in [0, 0.1) is 0 Å². The second-order valence-corrected chi connectivity index (χ2v) is 5.55. The first kappa shape index (κ1) is 18.1. The van der Waals surface area contributed by atoms with Crippen molar-refractivity contribution in [2.75, 3.05) is 19.6 Å². The summed E-state index contributed by atoms with van der Waals surface area (Å²) in [7, 11) is 0. The lowest BCUT2D eigenvalue weighted by molar-refractivity contribution is 0.823. The van der Waals surface area contributed by atoms with E-state index in [1.807, 2.05) is 0 Å². The molecule has 0 bridgehead atoms. The zero-order chi connectivity index (χ0) is 15.8. The van der Waals surface area contributed by atoms with E-state index < -0.39 is 0 Å². The molecule has 0 spiro atoms. The molecule has 3 heteroatoms. The van der Waals surface area contributed by atoms with Crippen LogP contribution in [0.3, 0.4) is 0 Å². The van der Waals surface area contributed by atoms with Gasteiger partial charge in [0.25, 0.3) is 0 Å². The smallest absolute Gasteiger partial charge is 0.00365 e. The molecule has 0 saturated carbocycles. The molecule has 21 heavy (non-hydrogen) atoms. The van der Waals surface area contributed by atoms with Crippen molar-refractivity contribution in [3.05, 3.63) is 33.4 Å². The maximum Gasteiger partial charge on any atom is -0.00365 e. The van der Waals surface area contributed by atoms with Crippen LogP contribution in [-0.4, -0.2) is 19.6 Å². The van der Waals surface area contributed by atoms with Crippen molar-refractivity contribution in [2.24, 2.45) is 17.2 Å². The molecule has 0 fully saturated rings. The van der Waals surface area contributed by atoms with Crippen LogP contribution in [0.4, 0.5) is 0 Å². The van der Waals surface area contributed by atoms with Crippen molar-refractivity contribution in [3.8, 4) is 0 Å². The number of nitrogens with two attached hydrogens (primary N) is 3. The molecule has 1 aromatic rings. The van der Waals surface area contributed by atoms with Crippen molar-refractivity contribution < 1.29 is 0 Å². The summed E-state index contributed by atoms with van der Waals surface area (Å²) < 4.78 is 0. The Bertz CT molecular complexity index is 365. The molecule has 0 amide bonds. The summed E-state index contributed by atoms with van der Waals surface area (Å²) in [6.45, 7) is 8.85. The highest BCUT2D eigenvalue weighted by molar-refractivity contribution is 5.53. The standard InChI is InChI=1S/C18H33N3/c1-4-13-16(7-10-19)14(5-2)18(9-12-21)15(6-3)17(13)8-11-20/h4-12,19-21H2,1-3H3. The Hall–Kier alpha value is -0.900. The Labute approximate surface area is 130 Å². The SMILES string of the molecule is CCc1c(CCN)c(CC)c(CCN)c(CC)c1CCN. The molecule has 1 rings (SSSR count). The number of rotatable bonds is 9. The molecule has 0 atom stereocenters. The highest BCUT2D eigenvalue weighted by Crippen LogP contribution is 2.31. The summed E-state index contributed by atoms with van der Waals surface area (Å²) in [5.74, 6) is 0. The Morgan fingerprint density at radius 2 is 0.714 bits per heavy atom. The molecule has 0 saturated heterocycles. The molecule has 0 aromatic heterocycles. The van der Waals surface area contributed by atoms with Gasteiger partial charge in [0, 0.05) is 0 Å². The third-order valence-electron chi connectivity index (χ3n) is 4.43. The average molecular weight is 291 g/mol. The molecule has 3 nitrogen and oxygen atoms in total. The topological polar surface area (TPSA) is 78.1 Å². The minimum Gasteiger partial charge on any atom is -0.330 e. The van der Waals surface area contributed by atoms with E-state index in [4.69, 9.17) is 17.2 Å². The van der Waals surface area contributed by atoms with Crippen molar-refractivity contribution >= 4 is 0 Å². The zero-order valence-corrected chi connectivity index (χ0v) is 14.1. The van der Waals surface area contributed by atoms with Gasteiger partial charge in [-0.25, -0.2) is 0 Å². The van der Waals surface area contributed by atoms with Gasteiger partial charge in [-0.15, -0.1) is 0 Å². The van der Waals surface area contributed by atoms with E-state index in [1.54, 1.807) is 0 Å². The summed E-state index contributed by atoms with van der Waals surface area (Å²) in [6, 6.07) is 0. The van der Waals surface area contributed by atoms with Crippen molar-refractivity contribution in [3.63, 3.8) is 0 Å². The molecule has 0 unspecified atom stereocenters. The Morgan fingerprint density at radius 3 is 0.857 bits per heavy atom. The van der Waals surface area contributed by atoms with Crippen LogP contribution in [-0.2, 0) is 38.5 Å². The van der Waals surface area contributed by atoms with Gasteiger partial charge < -0.3 is 17.2 Å². The predicted octanol–water partition coefficient (Wildman–Crippen LogP) is 1.88. The summed E-state index contributed by atoms with van der Waals surface area (Å²) in [5, 5.41) is 0. The highest BCUT2D eigenvalue weighted by atomic mass is 14.5. The van der Waals surface area contributed by atoms with Crippen LogP contribution in [0.2, 0.25) is 0 Å². The molecule has 0 heterocycles. The molecule has 0 aliphatic carbocycles. The fourth-order valence-electron chi connectivity index (χ4n) is 3.71. The number of benzene rings is 1. The van der Waals surface area contributed by atoms with Gasteiger partial charge in [0.2, 0.25) is 0 Å². The van der Waals surface area contributed by atoms with E-state index >= 15 is 0 Å². The van der Waals surface area contributed by atoms with Crippen molar-refractivity contribution in [1.29, 1.82) is 0 Å². The first-order valence-corrected chi connectivity index (χ1v) is 8.47. The van der Waals surface area contributed by atoms with Crippen molar-refractivity contribution in [2.45, 2.75) is 59.3 Å². The molecular weight excluding hydrogens is 258 g/mol. The minimum absolute atomic E-state index is 0.704. The molecule has 1 aromatic carbocycles. The summed E-state index contributed by atoms with van der Waals surface area (Å²) in [4.78, 5) is 0. The third-order valence-corrected chi connectivity index (χ3v) is 4.43. The van der Waals surface area contributed by atoms with E-state index in [2.05, 4.69) is 20.8 Å². The molecule has 6 N–H and O–H groups in total. The highest BCUT2D eigenvalue weighted by Gasteiger charge is 2.19. The van der Waals surface area contributed by atoms with E-state index in [1.165, 1.54) is 33.4 Å². The molecule has 0 aliphatic rings. The summed E-state index contributed by atoms with van der Waals surface area (Å²) in [6.07, 6.45) is 6.08. The predicted molar refractivity (Wildman–Crippen MR) is 92.9 cm³/mol. The van der Waals surface area contributed by atoms with Crippen LogP contribution in [0.15, 0.2) is 0 Å². The van der Waals surface area contributed by atoms with E-state index in [0.29, 0.717) is 19.6 Å². The van der Waals surface area contributed by atoms with Crippen LogP contribution in [0.1, 0.15) is 54.2 Å². The first-order chi connectivity index (χ1) is 10.2. The summed E-state index contributed by atoms with van der Waals surface area (Å²) in [5.41, 5.74) is 26.6. The lowest BCUT2D eigenvalue weighted by Gasteiger charge is -2.25. The quantitative estimate of drug-likeness (QED) is 0.650. The monoisotopic (exact) mass is 291 g/mol. The van der Waals surface area contributed by atoms with Crippen LogP contribution >= 0.6 is 0 Å². The number of hydrogen-bond donors (Lipinski definition) is 3. The van der Waals surface area contributed by atoms with Gasteiger partial charge in [0.1, 0.15) is 0 Å². The fourth-order valence-corrected chi connectivity index (χ4v) is 3.71. The second-order valence-electron chi connectivity index (χ2n) is 5.55. The third kappa shape index (κ3) is 3.85. The fraction of sp³-hybridized carbons (Fsp3) is 0.667. The molecule has 0 aliphatic heterocycles. The lowest BCUT2D eigenvalue weighted by Crippen LogP contribution is -2.19. The van der Waals surface area contributed by atoms with Gasteiger partial charge in [-0.2, -0.15) is 0 Å². The van der Waals surface area contributed by atoms with Crippen LogP contribution < -0.4 is 17.2 Å². The maximum absolute atomic E-state index is 5.88. The average Bonchev–Trinajstić information content (AvgIpc) is 2.49. The molecular formula is C18H33N3. The first-order valence-electron chi connectivity index (χ1n) is 8.47. The van der Waals surface area contributed by atoms with E-state index in [9.17, 15) is 0 Å². The van der Waals surface area contributed by atoms with E-state index in [0.717, 1.165) is 38.5 Å². The van der Waals surface area contributed by atoms with Gasteiger partial charge >= 0.3 is 0 Å².